The van der Waals surface area contributed by atoms with Crippen LogP contribution in [0, 0.1) is 0 Å². The minimum Gasteiger partial charge on any atom is -0.460 e. The number of hydrogen-bond donors (Lipinski definition) is 2. The summed E-state index contributed by atoms with van der Waals surface area (Å²) in [6.45, 7) is 19.4. The Morgan fingerprint density at radius 2 is 1.21 bits per heavy atom. The Balaban J connectivity index is 0.922. The highest BCUT2D eigenvalue weighted by Gasteiger charge is 2.35. The maximum absolute atomic E-state index is 13.6. The van der Waals surface area contributed by atoms with Gasteiger partial charge < -0.3 is 68.1 Å². The van der Waals surface area contributed by atoms with Crippen molar-refractivity contribution in [1.82, 2.24) is 20.3 Å². The van der Waals surface area contributed by atoms with Crippen LogP contribution < -0.4 is 11.1 Å². The van der Waals surface area contributed by atoms with Gasteiger partial charge in [-0.2, -0.15) is 0 Å². The normalized spacial score (nSPS) is 14.5. The summed E-state index contributed by atoms with van der Waals surface area (Å²) in [6, 6.07) is 8.56. The lowest BCUT2D eigenvalue weighted by molar-refractivity contribution is -0.180. The predicted molar refractivity (Wildman–Crippen MR) is 283 cm³/mol. The van der Waals surface area contributed by atoms with Crippen LogP contribution in [-0.4, -0.2) is 214 Å². The Kier molecular flexibility index (Phi) is 31.6. The summed E-state index contributed by atoms with van der Waals surface area (Å²) in [4.78, 5) is 67.8. The Labute approximate surface area is 448 Å². The van der Waals surface area contributed by atoms with Gasteiger partial charge in [-0.1, -0.05) is 25.1 Å². The number of aliphatic imine (C=N–C) groups is 1. The molecule has 4 rings (SSSR count). The minimum absolute atomic E-state index is 0.197. The molecular formula is C54H84N6O16. The van der Waals surface area contributed by atoms with Crippen molar-refractivity contribution in [3.63, 3.8) is 0 Å². The van der Waals surface area contributed by atoms with E-state index in [1.807, 2.05) is 58.9 Å². The lowest BCUT2D eigenvalue weighted by Crippen LogP contribution is -2.46. The molecule has 22 nitrogen and oxygen atoms in total. The molecule has 0 bridgehead atoms. The highest BCUT2D eigenvalue weighted by molar-refractivity contribution is 6.05. The van der Waals surface area contributed by atoms with Crippen LogP contribution in [0.1, 0.15) is 82.8 Å². The molecule has 1 saturated heterocycles. The van der Waals surface area contributed by atoms with E-state index in [2.05, 4.69) is 15.3 Å². The van der Waals surface area contributed by atoms with Crippen molar-refractivity contribution in [2.24, 2.45) is 10.7 Å². The van der Waals surface area contributed by atoms with Crippen molar-refractivity contribution < 1.29 is 76.1 Å². The third kappa shape index (κ3) is 25.9. The van der Waals surface area contributed by atoms with E-state index < -0.39 is 11.6 Å². The first-order chi connectivity index (χ1) is 36.9. The molecular weight excluding hydrogens is 989 g/mol. The van der Waals surface area contributed by atoms with Gasteiger partial charge in [0.05, 0.1) is 151 Å². The molecule has 3 amide bonds. The van der Waals surface area contributed by atoms with Crippen molar-refractivity contribution in [2.45, 2.75) is 78.4 Å². The first-order valence-electron chi connectivity index (χ1n) is 26.6. The number of esters is 1. The fraction of sp³-hybridized carbons (Fsp3) is 0.667. The second-order valence-corrected chi connectivity index (χ2v) is 18.4. The SMILES string of the molecule is CCCN(OCC)C(=O)C1=Cc2ccc(-c3ccc(C(=O)N4CCC[C@@H]4C(=O)NCCOCCOCCOCCOCCOCCOCCOCCOCCOCCOCCC(=O)OC(C)(C)C)nc3)cc2N=C(N)C1. The van der Waals surface area contributed by atoms with Gasteiger partial charge in [0.2, 0.25) is 5.91 Å². The second kappa shape index (κ2) is 37.7. The number of likely N-dealkylation sites (tertiary alicyclic amines) is 1. The fourth-order valence-electron chi connectivity index (χ4n) is 7.57. The van der Waals surface area contributed by atoms with Gasteiger partial charge in [-0.05, 0) is 70.7 Å². The number of rotatable bonds is 41. The first-order valence-corrected chi connectivity index (χ1v) is 26.6. The molecule has 1 fully saturated rings. The van der Waals surface area contributed by atoms with Crippen LogP contribution >= 0.6 is 0 Å². The predicted octanol–water partition coefficient (Wildman–Crippen LogP) is 4.33. The molecule has 1 aromatic carbocycles. The van der Waals surface area contributed by atoms with Crippen LogP contribution in [0.2, 0.25) is 0 Å². The summed E-state index contributed by atoms with van der Waals surface area (Å²) in [5, 5.41) is 4.27. The number of fused-ring (bicyclic) bond motifs is 1. The van der Waals surface area contributed by atoms with Gasteiger partial charge in [0, 0.05) is 49.0 Å². The molecule has 2 aliphatic rings. The number of ether oxygens (including phenoxy) is 11. The highest BCUT2D eigenvalue weighted by atomic mass is 16.7. The van der Waals surface area contributed by atoms with Crippen LogP contribution in [-0.2, 0) is 71.3 Å². The third-order valence-electron chi connectivity index (χ3n) is 11.1. The van der Waals surface area contributed by atoms with Crippen molar-refractivity contribution in [2.75, 3.05) is 158 Å². The van der Waals surface area contributed by atoms with Crippen molar-refractivity contribution >= 4 is 41.3 Å². The molecule has 0 saturated carbocycles. The molecule has 0 aliphatic carbocycles. The summed E-state index contributed by atoms with van der Waals surface area (Å²) in [5.41, 5.74) is 9.47. The summed E-state index contributed by atoms with van der Waals surface area (Å²) >= 11 is 0. The van der Waals surface area contributed by atoms with E-state index in [9.17, 15) is 19.2 Å². The Morgan fingerprint density at radius 3 is 1.70 bits per heavy atom. The zero-order chi connectivity index (χ0) is 54.6. The van der Waals surface area contributed by atoms with Gasteiger partial charge in [0.1, 0.15) is 23.2 Å². The molecule has 3 heterocycles. The molecule has 22 heteroatoms. The van der Waals surface area contributed by atoms with Crippen molar-refractivity contribution in [1.29, 1.82) is 0 Å². The van der Waals surface area contributed by atoms with Gasteiger partial charge in [-0.15, -0.1) is 0 Å². The maximum Gasteiger partial charge on any atom is 0.308 e. The van der Waals surface area contributed by atoms with Crippen LogP contribution in [0.5, 0.6) is 0 Å². The average molecular weight is 1070 g/mol. The van der Waals surface area contributed by atoms with Gasteiger partial charge in [0.25, 0.3) is 11.8 Å². The standard InChI is InChI=1S/C54H84N6O16/c1-6-16-60(75-7-2)52(63)45-38-43-11-10-42(39-47(43)58-49(55)40-45)44-12-13-46(57-41-44)53(64)59-17-8-9-48(59)51(62)56-15-19-66-21-23-68-25-27-70-29-31-72-33-35-74-37-36-73-34-32-71-30-28-69-26-24-67-22-20-65-18-14-50(61)76-54(3,4)5/h10-13,38-39,41,48H,6-9,14-37,40H2,1-5H3,(H2,55,58)(H,56,62)/t48-/m1/s1. The Hall–Kier alpha value is -4.98. The number of pyridine rings is 1. The Bertz CT molecular complexity index is 2050. The molecule has 2 aliphatic heterocycles. The molecule has 2 aromatic rings. The molecule has 1 aromatic heterocycles. The van der Waals surface area contributed by atoms with Gasteiger partial charge in [0.15, 0.2) is 0 Å². The van der Waals surface area contributed by atoms with E-state index in [0.717, 1.165) is 23.1 Å². The molecule has 0 unspecified atom stereocenters. The number of amidine groups is 1. The number of benzene rings is 1. The Morgan fingerprint density at radius 1 is 0.697 bits per heavy atom. The monoisotopic (exact) mass is 1070 g/mol. The molecule has 0 spiro atoms. The summed E-state index contributed by atoms with van der Waals surface area (Å²) in [7, 11) is 0. The largest absolute Gasteiger partial charge is 0.460 e. The third-order valence-corrected chi connectivity index (χ3v) is 11.1. The van der Waals surface area contributed by atoms with Gasteiger partial charge in [-0.3, -0.25) is 29.0 Å². The number of nitrogens with one attached hydrogen (secondary N) is 1. The van der Waals surface area contributed by atoms with Gasteiger partial charge >= 0.3 is 5.97 Å². The summed E-state index contributed by atoms with van der Waals surface area (Å²) in [6.07, 6.45) is 5.86. The van der Waals surface area contributed by atoms with E-state index in [-0.39, 0.29) is 42.2 Å². The number of nitrogens with zero attached hydrogens (tertiary/aromatic N) is 4. The zero-order valence-electron chi connectivity index (χ0n) is 45.5. The fourth-order valence-corrected chi connectivity index (χ4v) is 7.57. The molecule has 76 heavy (non-hydrogen) atoms. The van der Waals surface area contributed by atoms with E-state index in [1.165, 1.54) is 5.06 Å². The smallest absolute Gasteiger partial charge is 0.308 e. The van der Waals surface area contributed by atoms with E-state index >= 15 is 0 Å². The van der Waals surface area contributed by atoms with Crippen LogP contribution in [0.15, 0.2) is 47.1 Å². The molecule has 1 atom stereocenters. The highest BCUT2D eigenvalue weighted by Crippen LogP contribution is 2.32. The van der Waals surface area contributed by atoms with Crippen LogP contribution in [0.25, 0.3) is 17.2 Å². The second-order valence-electron chi connectivity index (χ2n) is 18.4. The number of nitrogens with two attached hydrogens (primary N) is 1. The van der Waals surface area contributed by atoms with Gasteiger partial charge in [-0.25, -0.2) is 10.1 Å². The molecule has 0 radical (unpaired) electrons. The topological polar surface area (TPSA) is 249 Å². The minimum atomic E-state index is -0.596. The number of aromatic nitrogens is 1. The van der Waals surface area contributed by atoms with E-state index in [0.29, 0.717) is 188 Å². The van der Waals surface area contributed by atoms with Crippen LogP contribution in [0.4, 0.5) is 5.69 Å². The zero-order valence-corrected chi connectivity index (χ0v) is 45.5. The number of carbonyl (C=O) groups is 4. The number of hydrogen-bond acceptors (Lipinski definition) is 19. The summed E-state index contributed by atoms with van der Waals surface area (Å²) < 4.78 is 60.3. The van der Waals surface area contributed by atoms with Crippen LogP contribution in [0.3, 0.4) is 0 Å². The lowest BCUT2D eigenvalue weighted by Gasteiger charge is -2.23. The average Bonchev–Trinajstić information content (AvgIpc) is 3.83. The lowest BCUT2D eigenvalue weighted by atomic mass is 10.0. The van der Waals surface area contributed by atoms with E-state index in [1.54, 1.807) is 23.2 Å². The quantitative estimate of drug-likeness (QED) is 0.0534. The van der Waals surface area contributed by atoms with E-state index in [4.69, 9.17) is 62.7 Å². The molecule has 426 valence electrons. The number of carbonyl (C=O) groups excluding carboxylic acids is 4. The summed E-state index contributed by atoms with van der Waals surface area (Å²) in [5.74, 6) is -0.736. The maximum atomic E-state index is 13.6. The number of amides is 3. The number of hydroxylamine groups is 2. The first kappa shape index (κ1) is 63.6. The molecule has 3 N–H and O–H groups in total. The van der Waals surface area contributed by atoms with Crippen molar-refractivity contribution in [3.8, 4) is 11.1 Å². The van der Waals surface area contributed by atoms with Crippen molar-refractivity contribution in [3.05, 3.63) is 53.4 Å².